The van der Waals surface area contributed by atoms with Gasteiger partial charge >= 0.3 is 0 Å². The van der Waals surface area contributed by atoms with Crippen LogP contribution in [0.3, 0.4) is 0 Å². The van der Waals surface area contributed by atoms with Crippen LogP contribution in [-0.4, -0.2) is 30.8 Å². The molecule has 2 aromatic carbocycles. The van der Waals surface area contributed by atoms with Crippen molar-refractivity contribution in [3.63, 3.8) is 0 Å². The summed E-state index contributed by atoms with van der Waals surface area (Å²) in [5.41, 5.74) is 4.94. The van der Waals surface area contributed by atoms with Gasteiger partial charge < -0.3 is 4.98 Å². The van der Waals surface area contributed by atoms with Gasteiger partial charge in [-0.15, -0.1) is 0 Å². The Bertz CT molecular complexity index is 1080. The van der Waals surface area contributed by atoms with E-state index in [9.17, 15) is 8.42 Å². The van der Waals surface area contributed by atoms with Crippen LogP contribution < -0.4 is 0 Å². The summed E-state index contributed by atoms with van der Waals surface area (Å²) < 4.78 is 27.3. The van der Waals surface area contributed by atoms with Gasteiger partial charge in [-0.05, 0) is 68.7 Å². The number of sulfonamides is 1. The SMILES string of the molecule is Cc1ccc2[nH]c(C3CCN(S(=O)(=O)c4ccc(Cl)cc4)CC3)c(C)c2c1. The van der Waals surface area contributed by atoms with Crippen LogP contribution in [0.1, 0.15) is 35.6 Å². The summed E-state index contributed by atoms with van der Waals surface area (Å²) in [4.78, 5) is 3.88. The summed E-state index contributed by atoms with van der Waals surface area (Å²) in [6.45, 7) is 5.32. The number of nitrogens with zero attached hydrogens (tertiary/aromatic N) is 1. The summed E-state index contributed by atoms with van der Waals surface area (Å²) in [5.74, 6) is 0.356. The van der Waals surface area contributed by atoms with Gasteiger partial charge in [0.1, 0.15) is 0 Å². The first-order valence-corrected chi connectivity index (χ1v) is 11.0. The Balaban J connectivity index is 1.54. The molecule has 2 heterocycles. The monoisotopic (exact) mass is 402 g/mol. The molecule has 1 saturated heterocycles. The maximum atomic E-state index is 12.9. The number of halogens is 1. The average Bonchev–Trinajstić information content (AvgIpc) is 2.98. The Morgan fingerprint density at radius 2 is 1.70 bits per heavy atom. The molecule has 1 fully saturated rings. The van der Waals surface area contributed by atoms with E-state index in [1.807, 2.05) is 0 Å². The van der Waals surface area contributed by atoms with Crippen molar-refractivity contribution in [2.75, 3.05) is 13.1 Å². The molecule has 27 heavy (non-hydrogen) atoms. The van der Waals surface area contributed by atoms with Crippen LogP contribution >= 0.6 is 11.6 Å². The fourth-order valence-corrected chi connectivity index (χ4v) is 5.61. The van der Waals surface area contributed by atoms with Crippen LogP contribution in [0.5, 0.6) is 0 Å². The average molecular weight is 403 g/mol. The van der Waals surface area contributed by atoms with Crippen LogP contribution in [-0.2, 0) is 10.0 Å². The summed E-state index contributed by atoms with van der Waals surface area (Å²) in [6.07, 6.45) is 1.64. The highest BCUT2D eigenvalue weighted by Crippen LogP contribution is 2.35. The van der Waals surface area contributed by atoms with Crippen molar-refractivity contribution in [3.05, 3.63) is 64.3 Å². The van der Waals surface area contributed by atoms with Crippen LogP contribution in [0.4, 0.5) is 0 Å². The standard InChI is InChI=1S/C21H23ClN2O2S/c1-14-3-8-20-19(13-14)15(2)21(23-20)16-9-11-24(12-10-16)27(25,26)18-6-4-17(22)5-7-18/h3-8,13,16,23H,9-12H2,1-2H3. The lowest BCUT2D eigenvalue weighted by Crippen LogP contribution is -2.38. The molecule has 0 bridgehead atoms. The van der Waals surface area contributed by atoms with E-state index in [1.54, 1.807) is 28.6 Å². The van der Waals surface area contributed by atoms with E-state index in [0.29, 0.717) is 28.9 Å². The third kappa shape index (κ3) is 3.40. The molecule has 0 unspecified atom stereocenters. The molecular weight excluding hydrogens is 380 g/mol. The van der Waals surface area contributed by atoms with Gasteiger partial charge in [-0.2, -0.15) is 4.31 Å². The second kappa shape index (κ2) is 6.97. The Morgan fingerprint density at radius 3 is 2.37 bits per heavy atom. The number of nitrogens with one attached hydrogen (secondary N) is 1. The fraction of sp³-hybridized carbons (Fsp3) is 0.333. The molecule has 6 heteroatoms. The zero-order chi connectivity index (χ0) is 19.2. The lowest BCUT2D eigenvalue weighted by molar-refractivity contribution is 0.317. The summed E-state index contributed by atoms with van der Waals surface area (Å²) in [7, 11) is -3.46. The highest BCUT2D eigenvalue weighted by molar-refractivity contribution is 7.89. The number of benzene rings is 2. The first kappa shape index (κ1) is 18.5. The van der Waals surface area contributed by atoms with Gasteiger partial charge in [0.2, 0.25) is 10.0 Å². The minimum Gasteiger partial charge on any atom is -0.358 e. The van der Waals surface area contributed by atoms with Gasteiger partial charge in [0.15, 0.2) is 0 Å². The van der Waals surface area contributed by atoms with Crippen molar-refractivity contribution in [2.45, 2.75) is 37.5 Å². The van der Waals surface area contributed by atoms with Gasteiger partial charge in [-0.25, -0.2) is 8.42 Å². The van der Waals surface area contributed by atoms with Crippen LogP contribution in [0.15, 0.2) is 47.4 Å². The molecule has 0 radical (unpaired) electrons. The van der Waals surface area contributed by atoms with Crippen LogP contribution in [0, 0.1) is 13.8 Å². The number of aromatic nitrogens is 1. The van der Waals surface area contributed by atoms with Crippen LogP contribution in [0.2, 0.25) is 5.02 Å². The maximum absolute atomic E-state index is 12.9. The second-order valence-corrected chi connectivity index (χ2v) is 9.72. The third-order valence-electron chi connectivity index (χ3n) is 5.57. The minimum atomic E-state index is -3.46. The van der Waals surface area contributed by atoms with Crippen molar-refractivity contribution in [3.8, 4) is 0 Å². The highest BCUT2D eigenvalue weighted by Gasteiger charge is 2.31. The van der Waals surface area contributed by atoms with E-state index < -0.39 is 10.0 Å². The van der Waals surface area contributed by atoms with Crippen molar-refractivity contribution >= 4 is 32.5 Å². The van der Waals surface area contributed by atoms with Crippen molar-refractivity contribution in [2.24, 2.45) is 0 Å². The van der Waals surface area contributed by atoms with Crippen molar-refractivity contribution in [1.29, 1.82) is 0 Å². The molecule has 1 aliphatic rings. The number of rotatable bonds is 3. The van der Waals surface area contributed by atoms with Crippen LogP contribution in [0.25, 0.3) is 10.9 Å². The van der Waals surface area contributed by atoms with E-state index in [0.717, 1.165) is 18.4 Å². The molecule has 1 N–H and O–H groups in total. The summed E-state index contributed by atoms with van der Waals surface area (Å²) in [5, 5.41) is 1.80. The summed E-state index contributed by atoms with van der Waals surface area (Å²) >= 11 is 5.88. The molecule has 0 atom stereocenters. The molecule has 0 amide bonds. The third-order valence-corrected chi connectivity index (χ3v) is 7.73. The molecule has 3 aromatic rings. The minimum absolute atomic E-state index is 0.308. The fourth-order valence-electron chi connectivity index (χ4n) is 4.01. The predicted molar refractivity (Wildman–Crippen MR) is 110 cm³/mol. The Kier molecular flexibility index (Phi) is 4.78. The normalized spacial score (nSPS) is 16.9. The molecule has 0 saturated carbocycles. The molecule has 1 aliphatic heterocycles. The highest BCUT2D eigenvalue weighted by atomic mass is 35.5. The molecule has 142 valence electrons. The number of aromatic amines is 1. The zero-order valence-corrected chi connectivity index (χ0v) is 17.1. The number of H-pyrrole nitrogens is 1. The quantitative estimate of drug-likeness (QED) is 0.669. The van der Waals surface area contributed by atoms with Gasteiger partial charge in [0.25, 0.3) is 0 Å². The van der Waals surface area contributed by atoms with Crippen molar-refractivity contribution in [1.82, 2.24) is 9.29 Å². The molecular formula is C21H23ClN2O2S. The maximum Gasteiger partial charge on any atom is 0.243 e. The smallest absolute Gasteiger partial charge is 0.243 e. The zero-order valence-electron chi connectivity index (χ0n) is 15.5. The van der Waals surface area contributed by atoms with E-state index in [4.69, 9.17) is 11.6 Å². The molecule has 0 spiro atoms. The number of hydrogen-bond acceptors (Lipinski definition) is 2. The van der Waals surface area contributed by atoms with Gasteiger partial charge in [0.05, 0.1) is 4.90 Å². The molecule has 0 aliphatic carbocycles. The largest absolute Gasteiger partial charge is 0.358 e. The van der Waals surface area contributed by atoms with E-state index in [-0.39, 0.29) is 0 Å². The Labute approximate surface area is 165 Å². The second-order valence-electron chi connectivity index (χ2n) is 7.34. The van der Waals surface area contributed by atoms with Gasteiger partial charge in [-0.1, -0.05) is 23.2 Å². The lowest BCUT2D eigenvalue weighted by Gasteiger charge is -2.31. The van der Waals surface area contributed by atoms with E-state index in [1.165, 1.54) is 22.2 Å². The molecule has 1 aromatic heterocycles. The molecule has 4 nitrogen and oxygen atoms in total. The predicted octanol–water partition coefficient (Wildman–Crippen LogP) is 5.01. The molecule has 4 rings (SSSR count). The number of fused-ring (bicyclic) bond motifs is 1. The Hall–Kier alpha value is -1.82. The number of piperidine rings is 1. The first-order chi connectivity index (χ1) is 12.9. The van der Waals surface area contributed by atoms with Gasteiger partial charge in [0, 0.05) is 40.6 Å². The first-order valence-electron chi connectivity index (χ1n) is 9.21. The van der Waals surface area contributed by atoms with Crippen molar-refractivity contribution < 1.29 is 8.42 Å². The van der Waals surface area contributed by atoms with Gasteiger partial charge in [-0.3, -0.25) is 0 Å². The number of aryl methyl sites for hydroxylation is 2. The number of hydrogen-bond donors (Lipinski definition) is 1. The van der Waals surface area contributed by atoms with E-state index >= 15 is 0 Å². The lowest BCUT2D eigenvalue weighted by atomic mass is 9.92. The Morgan fingerprint density at radius 1 is 1.04 bits per heavy atom. The summed E-state index contributed by atoms with van der Waals surface area (Å²) in [6, 6.07) is 12.9. The topological polar surface area (TPSA) is 53.2 Å². The van der Waals surface area contributed by atoms with E-state index in [2.05, 4.69) is 37.0 Å².